The van der Waals surface area contributed by atoms with Gasteiger partial charge in [-0.2, -0.15) is 5.10 Å². The van der Waals surface area contributed by atoms with Crippen LogP contribution < -0.4 is 10.4 Å². The van der Waals surface area contributed by atoms with Crippen molar-refractivity contribution in [3.05, 3.63) is 110 Å². The summed E-state index contributed by atoms with van der Waals surface area (Å²) in [5, 5.41) is 6.70. The molecule has 3 aromatic heterocycles. The van der Waals surface area contributed by atoms with Crippen molar-refractivity contribution in [2.45, 2.75) is 33.1 Å². The molecule has 0 N–H and O–H groups in total. The predicted octanol–water partition coefficient (Wildman–Crippen LogP) is 6.02. The molecule has 5 aromatic rings. The van der Waals surface area contributed by atoms with E-state index in [9.17, 15) is 4.79 Å². The summed E-state index contributed by atoms with van der Waals surface area (Å²) in [6.45, 7) is 8.47. The molecule has 0 unspecified atom stereocenters. The molecule has 188 valence electrons. The number of hydrogen-bond acceptors (Lipinski definition) is 5. The Bertz CT molecular complexity index is 1670. The standard InChI is InChI=1S/C29H29N5O2S/c1-20-26(27(35)34(32(20)5)23-10-7-6-8-11-23)31-28-33(24(19-37-28)25-12-9-17-36-25)30-18-21-13-15-22(16-14-21)29(2,3)4/h6-19H,1-5H3. The minimum absolute atomic E-state index is 0.0798. The van der Waals surface area contributed by atoms with Gasteiger partial charge in [-0.3, -0.25) is 9.48 Å². The highest BCUT2D eigenvalue weighted by Gasteiger charge is 2.17. The second kappa shape index (κ2) is 9.71. The van der Waals surface area contributed by atoms with Crippen LogP contribution in [0.5, 0.6) is 0 Å². The van der Waals surface area contributed by atoms with E-state index in [-0.39, 0.29) is 11.0 Å². The number of aromatic nitrogens is 3. The lowest BCUT2D eigenvalue weighted by molar-refractivity contribution is 0.575. The van der Waals surface area contributed by atoms with Gasteiger partial charge in [-0.15, -0.1) is 11.3 Å². The molecule has 3 heterocycles. The van der Waals surface area contributed by atoms with Crippen LogP contribution in [0.25, 0.3) is 17.1 Å². The zero-order valence-electron chi connectivity index (χ0n) is 21.5. The number of furan rings is 1. The van der Waals surface area contributed by atoms with Crippen LogP contribution in [0.3, 0.4) is 0 Å². The maximum absolute atomic E-state index is 13.4. The quantitative estimate of drug-likeness (QED) is 0.271. The van der Waals surface area contributed by atoms with E-state index in [0.717, 1.165) is 22.6 Å². The Balaban J connectivity index is 1.62. The van der Waals surface area contributed by atoms with E-state index in [1.54, 1.807) is 21.8 Å². The van der Waals surface area contributed by atoms with Gasteiger partial charge in [0, 0.05) is 12.4 Å². The Labute approximate surface area is 219 Å². The van der Waals surface area contributed by atoms with Gasteiger partial charge in [-0.1, -0.05) is 63.2 Å². The molecule has 7 nitrogen and oxygen atoms in total. The van der Waals surface area contributed by atoms with Crippen LogP contribution in [0.1, 0.15) is 37.6 Å². The van der Waals surface area contributed by atoms with Crippen molar-refractivity contribution in [3.8, 4) is 17.1 Å². The zero-order valence-corrected chi connectivity index (χ0v) is 22.4. The molecule has 0 aliphatic carbocycles. The second-order valence-electron chi connectivity index (χ2n) is 9.83. The number of thiazole rings is 1. The predicted molar refractivity (Wildman–Crippen MR) is 149 cm³/mol. The summed E-state index contributed by atoms with van der Waals surface area (Å²) in [5.41, 5.74) is 4.79. The van der Waals surface area contributed by atoms with Gasteiger partial charge in [0.15, 0.2) is 11.4 Å². The van der Waals surface area contributed by atoms with Crippen LogP contribution in [0.15, 0.2) is 97.7 Å². The van der Waals surface area contributed by atoms with Crippen molar-refractivity contribution in [1.82, 2.24) is 14.0 Å². The average Bonchev–Trinajstić information content (AvgIpc) is 3.60. The third-order valence-corrected chi connectivity index (χ3v) is 7.11. The Morgan fingerprint density at radius 2 is 1.70 bits per heavy atom. The first kappa shape index (κ1) is 24.5. The van der Waals surface area contributed by atoms with Crippen LogP contribution in [-0.4, -0.2) is 20.3 Å². The van der Waals surface area contributed by atoms with E-state index in [0.29, 0.717) is 16.2 Å². The fraction of sp³-hybridized carbons (Fsp3) is 0.207. The number of para-hydroxylation sites is 1. The van der Waals surface area contributed by atoms with Crippen LogP contribution in [0.2, 0.25) is 0 Å². The maximum atomic E-state index is 13.4. The largest absolute Gasteiger partial charge is 0.463 e. The summed E-state index contributed by atoms with van der Waals surface area (Å²) >= 11 is 1.40. The summed E-state index contributed by atoms with van der Waals surface area (Å²) in [4.78, 5) is 18.8. The highest BCUT2D eigenvalue weighted by molar-refractivity contribution is 7.07. The molecule has 0 amide bonds. The van der Waals surface area contributed by atoms with Gasteiger partial charge in [-0.05, 0) is 47.7 Å². The van der Waals surface area contributed by atoms with E-state index in [2.05, 4.69) is 45.0 Å². The van der Waals surface area contributed by atoms with Crippen molar-refractivity contribution in [3.63, 3.8) is 0 Å². The van der Waals surface area contributed by atoms with Crippen LogP contribution in [0.4, 0.5) is 5.69 Å². The van der Waals surface area contributed by atoms with Gasteiger partial charge < -0.3 is 4.42 Å². The lowest BCUT2D eigenvalue weighted by atomic mass is 9.87. The second-order valence-corrected chi connectivity index (χ2v) is 10.7. The number of benzene rings is 2. The first-order valence-corrected chi connectivity index (χ1v) is 12.9. The van der Waals surface area contributed by atoms with Crippen molar-refractivity contribution in [1.29, 1.82) is 0 Å². The van der Waals surface area contributed by atoms with E-state index in [1.807, 2.05) is 66.5 Å². The zero-order chi connectivity index (χ0) is 26.2. The molecule has 0 aliphatic heterocycles. The Hall–Kier alpha value is -4.17. The van der Waals surface area contributed by atoms with Gasteiger partial charge >= 0.3 is 0 Å². The van der Waals surface area contributed by atoms with E-state index in [1.165, 1.54) is 16.9 Å². The van der Waals surface area contributed by atoms with Crippen molar-refractivity contribution in [2.75, 3.05) is 0 Å². The molecular weight excluding hydrogens is 482 g/mol. The minimum atomic E-state index is -0.188. The van der Waals surface area contributed by atoms with E-state index in [4.69, 9.17) is 14.5 Å². The molecule has 37 heavy (non-hydrogen) atoms. The summed E-state index contributed by atoms with van der Waals surface area (Å²) < 4.78 is 10.8. The molecule has 0 aliphatic rings. The lowest BCUT2D eigenvalue weighted by Crippen LogP contribution is -2.19. The summed E-state index contributed by atoms with van der Waals surface area (Å²) in [5.74, 6) is 0.671. The molecule has 8 heteroatoms. The summed E-state index contributed by atoms with van der Waals surface area (Å²) in [6.07, 6.45) is 3.42. The van der Waals surface area contributed by atoms with Gasteiger partial charge in [0.05, 0.1) is 23.9 Å². The fourth-order valence-electron chi connectivity index (χ4n) is 4.06. The van der Waals surface area contributed by atoms with E-state index >= 15 is 0 Å². The fourth-order valence-corrected chi connectivity index (χ4v) is 4.88. The lowest BCUT2D eigenvalue weighted by Gasteiger charge is -2.18. The first-order chi connectivity index (χ1) is 17.7. The Kier molecular flexibility index (Phi) is 6.43. The highest BCUT2D eigenvalue weighted by atomic mass is 32.1. The monoisotopic (exact) mass is 511 g/mol. The maximum Gasteiger partial charge on any atom is 0.297 e. The molecule has 0 atom stereocenters. The van der Waals surface area contributed by atoms with Crippen molar-refractivity contribution >= 4 is 23.2 Å². The van der Waals surface area contributed by atoms with Crippen molar-refractivity contribution < 1.29 is 4.42 Å². The Morgan fingerprint density at radius 3 is 2.35 bits per heavy atom. The topological polar surface area (TPSA) is 69.7 Å². The summed E-state index contributed by atoms with van der Waals surface area (Å²) in [6, 6.07) is 21.6. The van der Waals surface area contributed by atoms with Gasteiger partial charge in [0.2, 0.25) is 4.80 Å². The SMILES string of the molecule is Cc1c(N=c2scc(-c3ccco3)n2N=Cc2ccc(C(C)(C)C)cc2)c(=O)n(-c2ccccc2)n1C. The third kappa shape index (κ3) is 4.80. The molecule has 2 aromatic carbocycles. The smallest absolute Gasteiger partial charge is 0.297 e. The normalized spacial score (nSPS) is 12.6. The molecule has 0 fully saturated rings. The highest BCUT2D eigenvalue weighted by Crippen LogP contribution is 2.23. The molecule has 5 rings (SSSR count). The number of rotatable bonds is 5. The van der Waals surface area contributed by atoms with Crippen LogP contribution >= 0.6 is 11.3 Å². The van der Waals surface area contributed by atoms with Gasteiger partial charge in [-0.25, -0.2) is 14.4 Å². The summed E-state index contributed by atoms with van der Waals surface area (Å²) in [7, 11) is 1.86. The molecule has 0 bridgehead atoms. The van der Waals surface area contributed by atoms with Crippen LogP contribution in [-0.2, 0) is 12.5 Å². The first-order valence-electron chi connectivity index (χ1n) is 12.0. The molecule has 0 radical (unpaired) electrons. The van der Waals surface area contributed by atoms with Gasteiger partial charge in [0.25, 0.3) is 5.56 Å². The van der Waals surface area contributed by atoms with Crippen molar-refractivity contribution in [2.24, 2.45) is 17.1 Å². The number of nitrogens with zero attached hydrogens (tertiary/aromatic N) is 5. The van der Waals surface area contributed by atoms with E-state index < -0.39 is 0 Å². The third-order valence-electron chi connectivity index (χ3n) is 6.29. The molecular formula is C29H29N5O2S. The number of hydrogen-bond donors (Lipinski definition) is 0. The Morgan fingerprint density at radius 1 is 0.973 bits per heavy atom. The molecule has 0 saturated carbocycles. The van der Waals surface area contributed by atoms with Crippen LogP contribution in [0, 0.1) is 6.92 Å². The molecule has 0 spiro atoms. The minimum Gasteiger partial charge on any atom is -0.463 e. The average molecular weight is 512 g/mol. The van der Waals surface area contributed by atoms with Gasteiger partial charge in [0.1, 0.15) is 5.69 Å². The molecule has 0 saturated heterocycles.